The number of halogens is 3. The third-order valence-electron chi connectivity index (χ3n) is 4.43. The summed E-state index contributed by atoms with van der Waals surface area (Å²) < 4.78 is 41.3. The molecular weight excluding hydrogens is 507 g/mol. The SMILES string of the molecule is CCCOc1ccc(CN=C(N)NC2CCOc3ccccc32)c(OC(F)F)c1.I. The van der Waals surface area contributed by atoms with Gasteiger partial charge in [-0.05, 0) is 24.6 Å². The van der Waals surface area contributed by atoms with Crippen molar-refractivity contribution < 1.29 is 23.0 Å². The van der Waals surface area contributed by atoms with Crippen LogP contribution in [0, 0.1) is 0 Å². The van der Waals surface area contributed by atoms with Gasteiger partial charge in [-0.15, -0.1) is 24.0 Å². The summed E-state index contributed by atoms with van der Waals surface area (Å²) in [6.07, 6.45) is 1.56. The van der Waals surface area contributed by atoms with E-state index in [4.69, 9.17) is 15.2 Å². The topological polar surface area (TPSA) is 78.1 Å². The van der Waals surface area contributed by atoms with E-state index in [1.165, 1.54) is 6.07 Å². The van der Waals surface area contributed by atoms with Crippen molar-refractivity contribution in [1.29, 1.82) is 0 Å². The number of rotatable bonds is 8. The third-order valence-corrected chi connectivity index (χ3v) is 4.43. The molecule has 0 bridgehead atoms. The summed E-state index contributed by atoms with van der Waals surface area (Å²) in [5, 5.41) is 3.18. The van der Waals surface area contributed by atoms with Crippen LogP contribution in [0.4, 0.5) is 8.78 Å². The zero-order valence-corrected chi connectivity index (χ0v) is 19.0. The highest BCUT2D eigenvalue weighted by atomic mass is 127. The first-order valence-corrected chi connectivity index (χ1v) is 9.55. The quantitative estimate of drug-likeness (QED) is 0.294. The second-order valence-corrected chi connectivity index (χ2v) is 6.57. The Morgan fingerprint density at radius 3 is 2.87 bits per heavy atom. The van der Waals surface area contributed by atoms with Crippen LogP contribution in [0.25, 0.3) is 0 Å². The fourth-order valence-corrected chi connectivity index (χ4v) is 3.07. The first kappa shape index (κ1) is 24.0. The maximum Gasteiger partial charge on any atom is 0.387 e. The molecule has 1 heterocycles. The summed E-state index contributed by atoms with van der Waals surface area (Å²) in [6, 6.07) is 12.5. The second-order valence-electron chi connectivity index (χ2n) is 6.57. The average molecular weight is 533 g/mol. The van der Waals surface area contributed by atoms with Crippen LogP contribution in [0.15, 0.2) is 47.5 Å². The fourth-order valence-electron chi connectivity index (χ4n) is 3.07. The summed E-state index contributed by atoms with van der Waals surface area (Å²) >= 11 is 0. The Morgan fingerprint density at radius 2 is 2.10 bits per heavy atom. The Morgan fingerprint density at radius 1 is 1.30 bits per heavy atom. The van der Waals surface area contributed by atoms with E-state index in [1.807, 2.05) is 31.2 Å². The molecule has 0 aliphatic carbocycles. The van der Waals surface area contributed by atoms with E-state index in [-0.39, 0.29) is 48.3 Å². The van der Waals surface area contributed by atoms with Crippen LogP contribution in [0.2, 0.25) is 0 Å². The van der Waals surface area contributed by atoms with Gasteiger partial charge >= 0.3 is 6.61 Å². The van der Waals surface area contributed by atoms with Crippen LogP contribution in [-0.2, 0) is 6.54 Å². The monoisotopic (exact) mass is 533 g/mol. The first-order valence-electron chi connectivity index (χ1n) is 9.55. The normalized spacial score (nSPS) is 15.6. The Labute approximate surface area is 191 Å². The van der Waals surface area contributed by atoms with Crippen molar-refractivity contribution in [1.82, 2.24) is 5.32 Å². The standard InChI is InChI=1S/C21H25F2N3O3.HI/c1-2-10-27-15-8-7-14(19(12-15)29-20(22)23)13-25-21(24)26-17-9-11-28-18-6-4-3-5-16(17)18;/h3-8,12,17,20H,2,9-11,13H2,1H3,(H3,24,25,26);1H. The van der Waals surface area contributed by atoms with E-state index in [1.54, 1.807) is 12.1 Å². The number of para-hydroxylation sites is 1. The molecule has 6 nitrogen and oxygen atoms in total. The molecule has 2 aromatic carbocycles. The van der Waals surface area contributed by atoms with E-state index >= 15 is 0 Å². The van der Waals surface area contributed by atoms with Crippen LogP contribution in [0.1, 0.15) is 36.9 Å². The van der Waals surface area contributed by atoms with Gasteiger partial charge in [-0.3, -0.25) is 0 Å². The van der Waals surface area contributed by atoms with Gasteiger partial charge in [0.05, 0.1) is 25.8 Å². The zero-order valence-electron chi connectivity index (χ0n) is 16.6. The molecule has 0 fully saturated rings. The van der Waals surface area contributed by atoms with Crippen molar-refractivity contribution >= 4 is 29.9 Å². The molecule has 164 valence electrons. The minimum absolute atomic E-state index is 0. The Bertz CT molecular complexity index is 852. The minimum atomic E-state index is -2.94. The summed E-state index contributed by atoms with van der Waals surface area (Å²) in [5.74, 6) is 1.54. The van der Waals surface area contributed by atoms with Crippen LogP contribution in [-0.4, -0.2) is 25.8 Å². The van der Waals surface area contributed by atoms with E-state index in [0.717, 1.165) is 24.2 Å². The number of benzene rings is 2. The molecule has 0 saturated carbocycles. The number of hydrogen-bond donors (Lipinski definition) is 2. The lowest BCUT2D eigenvalue weighted by atomic mass is 10.0. The van der Waals surface area contributed by atoms with Crippen molar-refractivity contribution in [2.24, 2.45) is 10.7 Å². The Hall–Kier alpha value is -2.30. The number of fused-ring (bicyclic) bond motifs is 1. The van der Waals surface area contributed by atoms with Gasteiger partial charge in [0.2, 0.25) is 0 Å². The lowest BCUT2D eigenvalue weighted by Gasteiger charge is -2.27. The number of nitrogens with one attached hydrogen (secondary N) is 1. The van der Waals surface area contributed by atoms with E-state index in [9.17, 15) is 8.78 Å². The molecule has 1 aliphatic rings. The number of guanidine groups is 1. The molecule has 0 spiro atoms. The minimum Gasteiger partial charge on any atom is -0.493 e. The van der Waals surface area contributed by atoms with Crippen LogP contribution < -0.4 is 25.3 Å². The maximum atomic E-state index is 12.8. The van der Waals surface area contributed by atoms with Gasteiger partial charge in [0, 0.05) is 23.6 Å². The Kier molecular flexibility index (Phi) is 9.41. The maximum absolute atomic E-state index is 12.8. The number of nitrogens with zero attached hydrogens (tertiary/aromatic N) is 1. The number of aliphatic imine (C=N–C) groups is 1. The number of alkyl halides is 2. The lowest BCUT2D eigenvalue weighted by molar-refractivity contribution is -0.0505. The summed E-state index contributed by atoms with van der Waals surface area (Å²) in [5.41, 5.74) is 7.54. The average Bonchev–Trinajstić information content (AvgIpc) is 2.71. The molecule has 30 heavy (non-hydrogen) atoms. The van der Waals surface area contributed by atoms with Crippen molar-refractivity contribution in [3.05, 3.63) is 53.6 Å². The highest BCUT2D eigenvalue weighted by molar-refractivity contribution is 14.0. The van der Waals surface area contributed by atoms with Gasteiger partial charge < -0.3 is 25.3 Å². The van der Waals surface area contributed by atoms with Crippen molar-refractivity contribution in [2.75, 3.05) is 13.2 Å². The second kappa shape index (κ2) is 11.8. The third kappa shape index (κ3) is 6.61. The lowest BCUT2D eigenvalue weighted by Crippen LogP contribution is -2.37. The zero-order chi connectivity index (χ0) is 20.6. The van der Waals surface area contributed by atoms with Gasteiger partial charge in [-0.1, -0.05) is 25.1 Å². The predicted molar refractivity (Wildman–Crippen MR) is 122 cm³/mol. The van der Waals surface area contributed by atoms with Crippen LogP contribution in [0.5, 0.6) is 17.2 Å². The summed E-state index contributed by atoms with van der Waals surface area (Å²) in [7, 11) is 0. The van der Waals surface area contributed by atoms with Gasteiger partial charge in [-0.25, -0.2) is 4.99 Å². The van der Waals surface area contributed by atoms with Gasteiger partial charge in [0.15, 0.2) is 5.96 Å². The molecule has 0 amide bonds. The van der Waals surface area contributed by atoms with Crippen LogP contribution >= 0.6 is 24.0 Å². The Balaban J connectivity index is 0.00000320. The molecule has 1 aliphatic heterocycles. The first-order chi connectivity index (χ1) is 14.1. The highest BCUT2D eigenvalue weighted by Gasteiger charge is 2.21. The van der Waals surface area contributed by atoms with E-state index < -0.39 is 6.61 Å². The molecule has 0 radical (unpaired) electrons. The van der Waals surface area contributed by atoms with Crippen LogP contribution in [0.3, 0.4) is 0 Å². The fraction of sp³-hybridized carbons (Fsp3) is 0.381. The smallest absolute Gasteiger partial charge is 0.387 e. The van der Waals surface area contributed by atoms with Gasteiger partial charge in [0.25, 0.3) is 0 Å². The molecule has 3 rings (SSSR count). The molecule has 3 N–H and O–H groups in total. The summed E-state index contributed by atoms with van der Waals surface area (Å²) in [6.45, 7) is 0.197. The summed E-state index contributed by atoms with van der Waals surface area (Å²) in [4.78, 5) is 4.30. The largest absolute Gasteiger partial charge is 0.493 e. The molecule has 1 unspecified atom stereocenters. The predicted octanol–water partition coefficient (Wildman–Crippen LogP) is 4.62. The molecule has 9 heteroatoms. The molecule has 2 aromatic rings. The van der Waals surface area contributed by atoms with Crippen molar-refractivity contribution in [2.45, 2.75) is 39.0 Å². The number of hydrogen-bond acceptors (Lipinski definition) is 4. The van der Waals surface area contributed by atoms with Gasteiger partial charge in [-0.2, -0.15) is 8.78 Å². The number of ether oxygens (including phenoxy) is 3. The van der Waals surface area contributed by atoms with E-state index in [0.29, 0.717) is 24.5 Å². The molecular formula is C21H26F2IN3O3. The highest BCUT2D eigenvalue weighted by Crippen LogP contribution is 2.31. The molecule has 0 aromatic heterocycles. The number of nitrogens with two attached hydrogens (primary N) is 1. The molecule has 0 saturated heterocycles. The van der Waals surface area contributed by atoms with Crippen molar-refractivity contribution in [3.63, 3.8) is 0 Å². The molecule has 1 atom stereocenters. The van der Waals surface area contributed by atoms with Gasteiger partial charge in [0.1, 0.15) is 17.2 Å². The van der Waals surface area contributed by atoms with Crippen molar-refractivity contribution in [3.8, 4) is 17.2 Å². The van der Waals surface area contributed by atoms with E-state index in [2.05, 4.69) is 15.0 Å².